The zero-order valence-electron chi connectivity index (χ0n) is 18.3. The number of anilines is 1. The molecule has 170 valence electrons. The largest absolute Gasteiger partial charge is 0.379 e. The van der Waals surface area contributed by atoms with Crippen LogP contribution in [0, 0.1) is 0 Å². The maximum absolute atomic E-state index is 13.0. The van der Waals surface area contributed by atoms with E-state index in [0.29, 0.717) is 11.2 Å². The number of fused-ring (bicyclic) bond motifs is 2. The molecule has 1 fully saturated rings. The summed E-state index contributed by atoms with van der Waals surface area (Å²) in [4.78, 5) is 30.0. The first-order valence-corrected chi connectivity index (χ1v) is 12.0. The van der Waals surface area contributed by atoms with E-state index in [9.17, 15) is 4.79 Å². The van der Waals surface area contributed by atoms with Gasteiger partial charge < -0.3 is 10.1 Å². The molecule has 1 saturated heterocycles. The van der Waals surface area contributed by atoms with Gasteiger partial charge in [-0.05, 0) is 18.2 Å². The van der Waals surface area contributed by atoms with Gasteiger partial charge in [-0.15, -0.1) is 11.3 Å². The average Bonchev–Trinajstić information content (AvgIpc) is 3.46. The van der Waals surface area contributed by atoms with Crippen molar-refractivity contribution in [3.63, 3.8) is 0 Å². The molecule has 5 aromatic rings. The number of ether oxygens (including phenoxy) is 1. The first-order valence-electron chi connectivity index (χ1n) is 11.1. The molecule has 9 heteroatoms. The second kappa shape index (κ2) is 8.94. The van der Waals surface area contributed by atoms with E-state index < -0.39 is 0 Å². The quantitative estimate of drug-likeness (QED) is 0.417. The van der Waals surface area contributed by atoms with Gasteiger partial charge in [-0.2, -0.15) is 0 Å². The lowest BCUT2D eigenvalue weighted by Crippen LogP contribution is -2.35. The molecule has 8 nitrogen and oxygen atoms in total. The molecule has 0 spiro atoms. The number of morpholine rings is 1. The maximum atomic E-state index is 13.0. The van der Waals surface area contributed by atoms with Crippen molar-refractivity contribution in [1.29, 1.82) is 0 Å². The lowest BCUT2D eigenvalue weighted by molar-refractivity contribution is 0.0336. The van der Waals surface area contributed by atoms with E-state index >= 15 is 0 Å². The number of benzene rings is 2. The van der Waals surface area contributed by atoms with Crippen molar-refractivity contribution in [2.45, 2.75) is 6.54 Å². The number of aromatic nitrogens is 4. The lowest BCUT2D eigenvalue weighted by atomic mass is 10.1. The topological polar surface area (TPSA) is 84.7 Å². The lowest BCUT2D eigenvalue weighted by Gasteiger charge is -2.26. The Morgan fingerprint density at radius 3 is 2.71 bits per heavy atom. The molecule has 0 bridgehead atoms. The summed E-state index contributed by atoms with van der Waals surface area (Å²) in [5.41, 5.74) is 5.27. The molecule has 0 radical (unpaired) electrons. The first-order chi connectivity index (χ1) is 16.7. The molecule has 4 heterocycles. The summed E-state index contributed by atoms with van der Waals surface area (Å²) in [7, 11) is 0. The van der Waals surface area contributed by atoms with Gasteiger partial charge in [0.2, 0.25) is 0 Å². The molecule has 1 amide bonds. The minimum absolute atomic E-state index is 0.270. The second-order valence-corrected chi connectivity index (χ2v) is 8.97. The highest BCUT2D eigenvalue weighted by Crippen LogP contribution is 2.30. The molecular weight excluding hydrogens is 448 g/mol. The number of carbonyl (C=O) groups excluding carboxylic acids is 1. The number of amides is 1. The predicted octanol–water partition coefficient (Wildman–Crippen LogP) is 4.09. The number of para-hydroxylation sites is 3. The molecule has 1 aliphatic rings. The molecule has 1 N–H and O–H groups in total. The fraction of sp³-hybridized carbons (Fsp3) is 0.200. The van der Waals surface area contributed by atoms with Crippen LogP contribution in [0.15, 0.2) is 66.3 Å². The van der Waals surface area contributed by atoms with E-state index in [-0.39, 0.29) is 11.6 Å². The van der Waals surface area contributed by atoms with Crippen LogP contribution in [0.5, 0.6) is 0 Å². The van der Waals surface area contributed by atoms with E-state index in [2.05, 4.69) is 30.0 Å². The van der Waals surface area contributed by atoms with Gasteiger partial charge in [0.1, 0.15) is 5.69 Å². The van der Waals surface area contributed by atoms with Gasteiger partial charge in [-0.3, -0.25) is 19.1 Å². The second-order valence-electron chi connectivity index (χ2n) is 8.14. The Balaban J connectivity index is 1.28. The smallest absolute Gasteiger partial charge is 0.275 e. The molecule has 1 aliphatic heterocycles. The number of nitrogens with zero attached hydrogens (tertiary/aromatic N) is 5. The van der Waals surface area contributed by atoms with Gasteiger partial charge in [0, 0.05) is 42.5 Å². The van der Waals surface area contributed by atoms with Gasteiger partial charge in [-0.1, -0.05) is 30.3 Å². The third-order valence-corrected chi connectivity index (χ3v) is 6.79. The van der Waals surface area contributed by atoms with E-state index in [1.807, 2.05) is 54.7 Å². The van der Waals surface area contributed by atoms with Crippen LogP contribution in [-0.2, 0) is 11.3 Å². The van der Waals surface area contributed by atoms with E-state index in [0.717, 1.165) is 54.6 Å². The van der Waals surface area contributed by atoms with E-state index in [1.54, 1.807) is 11.3 Å². The molecule has 0 unspecified atom stereocenters. The Morgan fingerprint density at radius 1 is 1.03 bits per heavy atom. The van der Waals surface area contributed by atoms with Crippen molar-refractivity contribution in [1.82, 2.24) is 24.3 Å². The number of thiazole rings is 1. The van der Waals surface area contributed by atoms with Crippen LogP contribution in [0.4, 0.5) is 5.69 Å². The molecule has 6 rings (SSSR count). The summed E-state index contributed by atoms with van der Waals surface area (Å²) in [6.07, 6.45) is 3.55. The summed E-state index contributed by atoms with van der Waals surface area (Å²) < 4.78 is 7.61. The monoisotopic (exact) mass is 470 g/mol. The zero-order chi connectivity index (χ0) is 22.9. The van der Waals surface area contributed by atoms with Crippen LogP contribution in [0.25, 0.3) is 27.3 Å². The van der Waals surface area contributed by atoms with Crippen molar-refractivity contribution in [3.05, 3.63) is 77.7 Å². The Labute approximate surface area is 199 Å². The summed E-state index contributed by atoms with van der Waals surface area (Å²) in [6, 6.07) is 15.2. The van der Waals surface area contributed by atoms with E-state index in [4.69, 9.17) is 9.72 Å². The van der Waals surface area contributed by atoms with Crippen molar-refractivity contribution in [2.75, 3.05) is 31.6 Å². The third kappa shape index (κ3) is 4.05. The van der Waals surface area contributed by atoms with Crippen LogP contribution in [-0.4, -0.2) is 56.5 Å². The highest BCUT2D eigenvalue weighted by Gasteiger charge is 2.17. The summed E-state index contributed by atoms with van der Waals surface area (Å²) in [6.45, 7) is 4.28. The molecule has 0 atom stereocenters. The van der Waals surface area contributed by atoms with Crippen LogP contribution in [0.3, 0.4) is 0 Å². The Kier molecular flexibility index (Phi) is 5.50. The number of carbonyl (C=O) groups is 1. The Hall–Kier alpha value is -3.66. The highest BCUT2D eigenvalue weighted by atomic mass is 32.1. The fourth-order valence-electron chi connectivity index (χ4n) is 4.13. The fourth-order valence-corrected chi connectivity index (χ4v) is 4.99. The molecular formula is C25H22N6O2S. The summed E-state index contributed by atoms with van der Waals surface area (Å²) in [5, 5.41) is 5.16. The Bertz CT molecular complexity index is 1490. The van der Waals surface area contributed by atoms with Gasteiger partial charge in [0.05, 0.1) is 41.8 Å². The third-order valence-electron chi connectivity index (χ3n) is 5.91. The highest BCUT2D eigenvalue weighted by molar-refractivity contribution is 7.15. The van der Waals surface area contributed by atoms with Crippen molar-refractivity contribution >= 4 is 38.9 Å². The van der Waals surface area contributed by atoms with Crippen LogP contribution < -0.4 is 5.32 Å². The van der Waals surface area contributed by atoms with Crippen LogP contribution >= 0.6 is 11.3 Å². The summed E-state index contributed by atoms with van der Waals surface area (Å²) >= 11 is 1.62. The molecule has 2 aromatic carbocycles. The van der Waals surface area contributed by atoms with Crippen LogP contribution in [0.2, 0.25) is 0 Å². The summed E-state index contributed by atoms with van der Waals surface area (Å²) in [5.74, 6) is -0.306. The van der Waals surface area contributed by atoms with Crippen molar-refractivity contribution in [3.8, 4) is 11.3 Å². The maximum Gasteiger partial charge on any atom is 0.275 e. The normalized spacial score (nSPS) is 14.6. The minimum atomic E-state index is -0.306. The number of imidazole rings is 1. The number of nitrogens with one attached hydrogen (secondary N) is 1. The number of hydrogen-bond donors (Lipinski definition) is 1. The number of rotatable bonds is 5. The van der Waals surface area contributed by atoms with E-state index in [1.165, 1.54) is 11.9 Å². The molecule has 0 saturated carbocycles. The van der Waals surface area contributed by atoms with Crippen molar-refractivity contribution < 1.29 is 9.53 Å². The molecule has 3 aromatic heterocycles. The van der Waals surface area contributed by atoms with Gasteiger partial charge in [0.25, 0.3) is 5.91 Å². The standard InChI is InChI=1S/C25H22N6O2S/c32-24(22-13-26-20-7-3-4-8-21(20)27-22)28-19-6-2-1-5-18(19)23-15-31-17(16-34-25(31)29-23)14-30-9-11-33-12-10-30/h1-8,13,15-16H,9-12,14H2,(H,28,32). The van der Waals surface area contributed by atoms with Gasteiger partial charge >= 0.3 is 0 Å². The van der Waals surface area contributed by atoms with Crippen LogP contribution in [0.1, 0.15) is 16.2 Å². The first kappa shape index (κ1) is 20.9. The number of hydrogen-bond acceptors (Lipinski definition) is 7. The zero-order valence-corrected chi connectivity index (χ0v) is 19.2. The van der Waals surface area contributed by atoms with Gasteiger partial charge in [-0.25, -0.2) is 9.97 Å². The molecule has 0 aliphatic carbocycles. The SMILES string of the molecule is O=C(Nc1ccccc1-c1cn2c(CN3CCOCC3)csc2n1)c1cnc2ccccc2n1. The molecule has 34 heavy (non-hydrogen) atoms. The van der Waals surface area contributed by atoms with Crippen molar-refractivity contribution in [2.24, 2.45) is 0 Å². The minimum Gasteiger partial charge on any atom is -0.379 e. The van der Waals surface area contributed by atoms with Gasteiger partial charge in [0.15, 0.2) is 4.96 Å². The average molecular weight is 471 g/mol. The predicted molar refractivity (Wildman–Crippen MR) is 132 cm³/mol. The Morgan fingerprint density at radius 2 is 1.82 bits per heavy atom.